The van der Waals surface area contributed by atoms with Crippen molar-refractivity contribution in [2.75, 3.05) is 4.72 Å². The molecule has 1 heterocycles. The van der Waals surface area contributed by atoms with Crippen molar-refractivity contribution in [3.8, 4) is 0 Å². The van der Waals surface area contributed by atoms with Crippen molar-refractivity contribution in [1.29, 1.82) is 0 Å². The SMILES string of the molecule is CC(C)c1ccc(NS(=O)(=O)c2ccc3[nH]c(=O)sc3c2)cc1. The van der Waals surface area contributed by atoms with Crippen LogP contribution in [0.4, 0.5) is 5.69 Å². The number of sulfonamides is 1. The number of aromatic nitrogens is 1. The minimum absolute atomic E-state index is 0.133. The fourth-order valence-corrected chi connectivity index (χ4v) is 4.18. The molecule has 120 valence electrons. The van der Waals surface area contributed by atoms with Gasteiger partial charge in [0.1, 0.15) is 0 Å². The highest BCUT2D eigenvalue weighted by Crippen LogP contribution is 2.23. The smallest absolute Gasteiger partial charge is 0.305 e. The van der Waals surface area contributed by atoms with Crippen LogP contribution in [0.2, 0.25) is 0 Å². The van der Waals surface area contributed by atoms with E-state index in [1.807, 2.05) is 12.1 Å². The molecule has 2 aromatic carbocycles. The molecule has 0 atom stereocenters. The van der Waals surface area contributed by atoms with Gasteiger partial charge in [0.2, 0.25) is 0 Å². The lowest BCUT2D eigenvalue weighted by atomic mass is 10.0. The summed E-state index contributed by atoms with van der Waals surface area (Å²) in [7, 11) is -3.69. The Balaban J connectivity index is 1.91. The summed E-state index contributed by atoms with van der Waals surface area (Å²) in [5.74, 6) is 0.388. The van der Waals surface area contributed by atoms with Crippen LogP contribution in [0, 0.1) is 0 Å². The molecule has 0 radical (unpaired) electrons. The van der Waals surface area contributed by atoms with Gasteiger partial charge in [-0.05, 0) is 41.8 Å². The molecule has 0 aliphatic heterocycles. The molecule has 0 unspecified atom stereocenters. The normalized spacial score (nSPS) is 12.0. The summed E-state index contributed by atoms with van der Waals surface area (Å²) in [5, 5.41) is 0. The van der Waals surface area contributed by atoms with Gasteiger partial charge in [0, 0.05) is 5.69 Å². The van der Waals surface area contributed by atoms with Crippen LogP contribution in [-0.2, 0) is 10.0 Å². The zero-order valence-corrected chi connectivity index (χ0v) is 14.3. The monoisotopic (exact) mass is 348 g/mol. The number of H-pyrrole nitrogens is 1. The zero-order chi connectivity index (χ0) is 16.6. The topological polar surface area (TPSA) is 79.0 Å². The van der Waals surface area contributed by atoms with Crippen LogP contribution in [-0.4, -0.2) is 13.4 Å². The first kappa shape index (κ1) is 15.8. The highest BCUT2D eigenvalue weighted by atomic mass is 32.2. The fraction of sp³-hybridized carbons (Fsp3) is 0.188. The molecule has 0 saturated carbocycles. The van der Waals surface area contributed by atoms with Crippen LogP contribution in [0.1, 0.15) is 25.3 Å². The number of aromatic amines is 1. The second kappa shape index (κ2) is 5.82. The number of hydrogen-bond donors (Lipinski definition) is 2. The van der Waals surface area contributed by atoms with Gasteiger partial charge >= 0.3 is 4.87 Å². The molecule has 3 rings (SSSR count). The number of hydrogen-bond acceptors (Lipinski definition) is 4. The van der Waals surface area contributed by atoms with Gasteiger partial charge in [0.25, 0.3) is 10.0 Å². The second-order valence-corrected chi connectivity index (χ2v) is 8.25. The molecular weight excluding hydrogens is 332 g/mol. The lowest BCUT2D eigenvalue weighted by Gasteiger charge is -2.10. The van der Waals surface area contributed by atoms with Gasteiger partial charge in [-0.25, -0.2) is 8.42 Å². The Hall–Kier alpha value is -2.12. The maximum Gasteiger partial charge on any atom is 0.305 e. The number of anilines is 1. The number of fused-ring (bicyclic) bond motifs is 1. The first-order chi connectivity index (χ1) is 10.8. The average Bonchev–Trinajstić information content (AvgIpc) is 2.86. The predicted molar refractivity (Wildman–Crippen MR) is 93.8 cm³/mol. The number of rotatable bonds is 4. The van der Waals surface area contributed by atoms with Crippen molar-refractivity contribution in [3.05, 3.63) is 57.7 Å². The third kappa shape index (κ3) is 3.30. The molecule has 5 nitrogen and oxygen atoms in total. The molecule has 0 spiro atoms. The van der Waals surface area contributed by atoms with Crippen molar-refractivity contribution in [2.45, 2.75) is 24.7 Å². The largest absolute Gasteiger partial charge is 0.312 e. The fourth-order valence-electron chi connectivity index (χ4n) is 2.24. The van der Waals surface area contributed by atoms with Gasteiger partial charge in [-0.2, -0.15) is 0 Å². The first-order valence-electron chi connectivity index (χ1n) is 7.11. The molecule has 0 aliphatic rings. The van der Waals surface area contributed by atoms with E-state index in [0.717, 1.165) is 16.9 Å². The van der Waals surface area contributed by atoms with E-state index in [-0.39, 0.29) is 9.77 Å². The zero-order valence-electron chi connectivity index (χ0n) is 12.7. The summed E-state index contributed by atoms with van der Waals surface area (Å²) in [5.41, 5.74) is 2.29. The summed E-state index contributed by atoms with van der Waals surface area (Å²) in [6.45, 7) is 4.16. The average molecular weight is 348 g/mol. The summed E-state index contributed by atoms with van der Waals surface area (Å²) in [6.07, 6.45) is 0. The predicted octanol–water partition coefficient (Wildman–Crippen LogP) is 3.51. The van der Waals surface area contributed by atoms with E-state index < -0.39 is 10.0 Å². The number of nitrogens with one attached hydrogen (secondary N) is 2. The van der Waals surface area contributed by atoms with Gasteiger partial charge in [0.05, 0.1) is 15.1 Å². The Kier molecular flexibility index (Phi) is 3.99. The van der Waals surface area contributed by atoms with Crippen LogP contribution < -0.4 is 9.60 Å². The van der Waals surface area contributed by atoms with Crippen LogP contribution >= 0.6 is 11.3 Å². The maximum atomic E-state index is 12.5. The van der Waals surface area contributed by atoms with Gasteiger partial charge in [-0.15, -0.1) is 0 Å². The molecular formula is C16H16N2O3S2. The Morgan fingerprint density at radius 2 is 1.78 bits per heavy atom. The lowest BCUT2D eigenvalue weighted by molar-refractivity contribution is 0.601. The van der Waals surface area contributed by atoms with Gasteiger partial charge < -0.3 is 4.98 Å². The maximum absolute atomic E-state index is 12.5. The Morgan fingerprint density at radius 1 is 1.09 bits per heavy atom. The van der Waals surface area contributed by atoms with Crippen molar-refractivity contribution in [1.82, 2.24) is 4.98 Å². The molecule has 0 saturated heterocycles. The molecule has 23 heavy (non-hydrogen) atoms. The van der Waals surface area contributed by atoms with E-state index in [1.54, 1.807) is 18.2 Å². The second-order valence-electron chi connectivity index (χ2n) is 5.55. The summed E-state index contributed by atoms with van der Waals surface area (Å²) < 4.78 is 28.1. The summed E-state index contributed by atoms with van der Waals surface area (Å²) in [4.78, 5) is 13.9. The highest BCUT2D eigenvalue weighted by molar-refractivity contribution is 7.92. The number of benzene rings is 2. The van der Waals surface area contributed by atoms with E-state index in [9.17, 15) is 13.2 Å². The van der Waals surface area contributed by atoms with Crippen molar-refractivity contribution in [3.63, 3.8) is 0 Å². The van der Waals surface area contributed by atoms with Crippen LogP contribution in [0.15, 0.2) is 52.2 Å². The first-order valence-corrected chi connectivity index (χ1v) is 9.41. The summed E-state index contributed by atoms with van der Waals surface area (Å²) in [6, 6.07) is 11.9. The van der Waals surface area contributed by atoms with E-state index in [1.165, 1.54) is 12.1 Å². The Morgan fingerprint density at radius 3 is 2.43 bits per heavy atom. The highest BCUT2D eigenvalue weighted by Gasteiger charge is 2.15. The standard InChI is InChI=1S/C16H16N2O3S2/c1-10(2)11-3-5-12(6-4-11)18-23(20,21)13-7-8-14-15(9-13)22-16(19)17-14/h3-10,18H,1-2H3,(H,17,19). The Labute approximate surface area is 138 Å². The van der Waals surface area contributed by atoms with Crippen molar-refractivity contribution < 1.29 is 8.42 Å². The minimum Gasteiger partial charge on any atom is -0.312 e. The van der Waals surface area contributed by atoms with Crippen molar-refractivity contribution >= 4 is 37.3 Å². The van der Waals surface area contributed by atoms with Crippen LogP contribution in [0.5, 0.6) is 0 Å². The van der Waals surface area contributed by atoms with Gasteiger partial charge in [-0.3, -0.25) is 9.52 Å². The molecule has 0 fully saturated rings. The third-order valence-electron chi connectivity index (χ3n) is 3.53. The summed E-state index contributed by atoms with van der Waals surface area (Å²) >= 11 is 0.991. The van der Waals surface area contributed by atoms with E-state index >= 15 is 0 Å². The molecule has 0 bridgehead atoms. The molecule has 2 N–H and O–H groups in total. The minimum atomic E-state index is -3.69. The lowest BCUT2D eigenvalue weighted by Crippen LogP contribution is -2.12. The number of thiazole rings is 1. The molecule has 7 heteroatoms. The quantitative estimate of drug-likeness (QED) is 0.757. The molecule has 3 aromatic rings. The van der Waals surface area contributed by atoms with E-state index in [4.69, 9.17) is 0 Å². The van der Waals surface area contributed by atoms with E-state index in [0.29, 0.717) is 21.8 Å². The van der Waals surface area contributed by atoms with Gasteiger partial charge in [-0.1, -0.05) is 37.3 Å². The third-order valence-corrected chi connectivity index (χ3v) is 5.76. The van der Waals surface area contributed by atoms with E-state index in [2.05, 4.69) is 23.6 Å². The molecule has 0 aliphatic carbocycles. The van der Waals surface area contributed by atoms with Crippen LogP contribution in [0.3, 0.4) is 0 Å². The Bertz CT molecular complexity index is 1000. The van der Waals surface area contributed by atoms with Gasteiger partial charge in [0.15, 0.2) is 0 Å². The van der Waals surface area contributed by atoms with Crippen molar-refractivity contribution in [2.24, 2.45) is 0 Å². The van der Waals surface area contributed by atoms with Crippen LogP contribution in [0.25, 0.3) is 10.2 Å². The molecule has 1 aromatic heterocycles. The molecule has 0 amide bonds.